The lowest BCUT2D eigenvalue weighted by molar-refractivity contribution is -0.115. The average Bonchev–Trinajstić information content (AvgIpc) is 2.89. The summed E-state index contributed by atoms with van der Waals surface area (Å²) >= 11 is 0. The van der Waals surface area contributed by atoms with Crippen molar-refractivity contribution in [3.63, 3.8) is 0 Å². The fourth-order valence-electron chi connectivity index (χ4n) is 3.52. The van der Waals surface area contributed by atoms with Crippen molar-refractivity contribution >= 4 is 29.1 Å². The molecule has 1 heterocycles. The van der Waals surface area contributed by atoms with Crippen molar-refractivity contribution in [1.82, 2.24) is 20.2 Å². The van der Waals surface area contributed by atoms with Gasteiger partial charge in [-0.1, -0.05) is 24.8 Å². The molecular formula is C30H43N7O2. The lowest BCUT2D eigenvalue weighted by atomic mass is 9.96. The molecular weight excluding hydrogens is 490 g/mol. The van der Waals surface area contributed by atoms with Crippen LogP contribution in [-0.4, -0.2) is 65.8 Å². The molecule has 0 atom stereocenters. The SMILES string of the molecule is CCCNc1nc(Nc2ccc(C(N)=O)cc2)ncc1C#CCCCNC(C)(C)CCC(=O)/C=C/CN(C)C. The van der Waals surface area contributed by atoms with Crippen LogP contribution in [0.3, 0.4) is 0 Å². The summed E-state index contributed by atoms with van der Waals surface area (Å²) in [6, 6.07) is 6.82. The van der Waals surface area contributed by atoms with Gasteiger partial charge in [0.1, 0.15) is 5.82 Å². The second-order valence-corrected chi connectivity index (χ2v) is 10.3. The molecule has 2 rings (SSSR count). The lowest BCUT2D eigenvalue weighted by Gasteiger charge is -2.25. The van der Waals surface area contributed by atoms with Gasteiger partial charge < -0.3 is 26.6 Å². The number of unbranched alkanes of at least 4 members (excludes halogenated alkanes) is 1. The smallest absolute Gasteiger partial charge is 0.248 e. The van der Waals surface area contributed by atoms with Gasteiger partial charge >= 0.3 is 0 Å². The Hall–Kier alpha value is -3.74. The number of primary amides is 1. The van der Waals surface area contributed by atoms with Crippen LogP contribution < -0.4 is 21.7 Å². The summed E-state index contributed by atoms with van der Waals surface area (Å²) in [5.74, 6) is 7.24. The number of hydrogen-bond acceptors (Lipinski definition) is 8. The molecule has 0 unspecified atom stereocenters. The standard InChI is InChI=1S/C30H43N7O2/c1-6-19-32-28-24(22-33-29(36-28)35-25-15-13-23(14-16-25)27(31)39)11-8-7-9-20-34-30(2,3)18-17-26(38)12-10-21-37(4)5/h10,12-16,22,34H,6-7,9,17-21H2,1-5H3,(H2,31,39)(H2,32,33,35,36)/b12-10+. The number of allylic oxidation sites excluding steroid dienone is 1. The minimum absolute atomic E-state index is 0.118. The summed E-state index contributed by atoms with van der Waals surface area (Å²) in [5, 5.41) is 10.0. The summed E-state index contributed by atoms with van der Waals surface area (Å²) < 4.78 is 0. The van der Waals surface area contributed by atoms with Crippen molar-refractivity contribution < 1.29 is 9.59 Å². The zero-order chi connectivity index (χ0) is 28.7. The minimum atomic E-state index is -0.470. The first-order chi connectivity index (χ1) is 18.6. The average molecular weight is 534 g/mol. The van der Waals surface area contributed by atoms with Crippen molar-refractivity contribution in [1.29, 1.82) is 0 Å². The number of nitrogens with one attached hydrogen (secondary N) is 3. The largest absolute Gasteiger partial charge is 0.369 e. The van der Waals surface area contributed by atoms with Crippen LogP contribution in [0, 0.1) is 11.8 Å². The van der Waals surface area contributed by atoms with Gasteiger partial charge in [0.15, 0.2) is 5.78 Å². The van der Waals surface area contributed by atoms with Gasteiger partial charge in [-0.05, 0) is 84.1 Å². The number of ketones is 1. The quantitative estimate of drug-likeness (QED) is 0.144. The first-order valence-corrected chi connectivity index (χ1v) is 13.5. The first-order valence-electron chi connectivity index (χ1n) is 13.5. The normalized spacial score (nSPS) is 11.3. The highest BCUT2D eigenvalue weighted by atomic mass is 16.1. The molecule has 39 heavy (non-hydrogen) atoms. The van der Waals surface area contributed by atoms with Gasteiger partial charge in [0.25, 0.3) is 0 Å². The number of nitrogens with two attached hydrogens (primary N) is 1. The highest BCUT2D eigenvalue weighted by Gasteiger charge is 2.17. The molecule has 1 aromatic heterocycles. The molecule has 9 heteroatoms. The van der Waals surface area contributed by atoms with E-state index < -0.39 is 5.91 Å². The molecule has 0 fully saturated rings. The van der Waals surface area contributed by atoms with Crippen LogP contribution >= 0.6 is 0 Å². The third-order valence-corrected chi connectivity index (χ3v) is 5.83. The van der Waals surface area contributed by atoms with Gasteiger partial charge in [-0.2, -0.15) is 4.98 Å². The summed E-state index contributed by atoms with van der Waals surface area (Å²) in [6.45, 7) is 8.70. The van der Waals surface area contributed by atoms with Crippen LogP contribution in [0.2, 0.25) is 0 Å². The van der Waals surface area contributed by atoms with Crippen molar-refractivity contribution in [3.05, 3.63) is 53.7 Å². The van der Waals surface area contributed by atoms with E-state index in [-0.39, 0.29) is 11.3 Å². The number of benzene rings is 1. The van der Waals surface area contributed by atoms with Crippen LogP contribution in [0.25, 0.3) is 0 Å². The molecule has 2 aromatic rings. The van der Waals surface area contributed by atoms with E-state index in [2.05, 4.69) is 58.5 Å². The Morgan fingerprint density at radius 2 is 1.90 bits per heavy atom. The molecule has 0 saturated carbocycles. The van der Waals surface area contributed by atoms with Crippen LogP contribution in [-0.2, 0) is 4.79 Å². The Balaban J connectivity index is 1.87. The fraction of sp³-hybridized carbons (Fsp3) is 0.467. The topological polar surface area (TPSA) is 125 Å². The van der Waals surface area contributed by atoms with E-state index in [4.69, 9.17) is 5.73 Å². The molecule has 5 N–H and O–H groups in total. The van der Waals surface area contributed by atoms with Crippen LogP contribution in [0.15, 0.2) is 42.6 Å². The summed E-state index contributed by atoms with van der Waals surface area (Å²) in [6.07, 6.45) is 9.19. The maximum atomic E-state index is 12.1. The van der Waals surface area contributed by atoms with E-state index in [0.29, 0.717) is 23.8 Å². The van der Waals surface area contributed by atoms with Crippen molar-refractivity contribution in [2.75, 3.05) is 44.4 Å². The van der Waals surface area contributed by atoms with Crippen molar-refractivity contribution in [2.24, 2.45) is 5.73 Å². The number of carbonyl (C=O) groups excluding carboxylic acids is 2. The summed E-state index contributed by atoms with van der Waals surface area (Å²) in [4.78, 5) is 34.4. The Morgan fingerprint density at radius 3 is 2.56 bits per heavy atom. The Kier molecular flexibility index (Phi) is 13.1. The summed E-state index contributed by atoms with van der Waals surface area (Å²) in [5.41, 5.74) is 7.12. The van der Waals surface area contributed by atoms with E-state index in [1.165, 1.54) is 0 Å². The zero-order valence-corrected chi connectivity index (χ0v) is 23.9. The highest BCUT2D eigenvalue weighted by molar-refractivity contribution is 5.93. The maximum Gasteiger partial charge on any atom is 0.248 e. The predicted octanol–water partition coefficient (Wildman–Crippen LogP) is 4.11. The lowest BCUT2D eigenvalue weighted by Crippen LogP contribution is -2.40. The molecule has 0 aliphatic heterocycles. The number of rotatable bonds is 16. The van der Waals surface area contributed by atoms with E-state index >= 15 is 0 Å². The second kappa shape index (κ2) is 16.3. The van der Waals surface area contributed by atoms with Gasteiger partial charge in [-0.3, -0.25) is 9.59 Å². The maximum absolute atomic E-state index is 12.1. The van der Waals surface area contributed by atoms with Gasteiger partial charge in [0.2, 0.25) is 11.9 Å². The highest BCUT2D eigenvalue weighted by Crippen LogP contribution is 2.18. The van der Waals surface area contributed by atoms with Crippen LogP contribution in [0.5, 0.6) is 0 Å². The Bertz CT molecular complexity index is 1160. The van der Waals surface area contributed by atoms with Crippen LogP contribution in [0.4, 0.5) is 17.5 Å². The second-order valence-electron chi connectivity index (χ2n) is 10.3. The number of anilines is 3. The van der Waals surface area contributed by atoms with E-state index in [0.717, 1.165) is 56.6 Å². The van der Waals surface area contributed by atoms with Gasteiger partial charge in [-0.25, -0.2) is 4.98 Å². The molecule has 0 spiro atoms. The first kappa shape index (κ1) is 31.5. The zero-order valence-electron chi connectivity index (χ0n) is 23.9. The molecule has 0 aliphatic rings. The molecule has 0 aliphatic carbocycles. The Morgan fingerprint density at radius 1 is 1.15 bits per heavy atom. The van der Waals surface area contributed by atoms with Crippen LogP contribution in [0.1, 0.15) is 68.8 Å². The number of carbonyl (C=O) groups is 2. The molecule has 9 nitrogen and oxygen atoms in total. The third kappa shape index (κ3) is 12.6. The number of aromatic nitrogens is 2. The minimum Gasteiger partial charge on any atom is -0.369 e. The molecule has 1 amide bonds. The number of amides is 1. The third-order valence-electron chi connectivity index (χ3n) is 5.83. The molecule has 210 valence electrons. The molecule has 0 bridgehead atoms. The van der Waals surface area contributed by atoms with Crippen molar-refractivity contribution in [2.45, 2.75) is 58.4 Å². The number of likely N-dealkylation sites (N-methyl/N-ethyl adjacent to an activating group) is 1. The predicted molar refractivity (Wildman–Crippen MR) is 159 cm³/mol. The fourth-order valence-corrected chi connectivity index (χ4v) is 3.52. The molecule has 1 aromatic carbocycles. The van der Waals surface area contributed by atoms with E-state index in [1.807, 2.05) is 25.1 Å². The van der Waals surface area contributed by atoms with Gasteiger partial charge in [-0.15, -0.1) is 0 Å². The van der Waals surface area contributed by atoms with Crippen molar-refractivity contribution in [3.8, 4) is 11.8 Å². The number of nitrogens with zero attached hydrogens (tertiary/aromatic N) is 3. The molecule has 0 saturated heterocycles. The number of hydrogen-bond donors (Lipinski definition) is 4. The van der Waals surface area contributed by atoms with E-state index in [9.17, 15) is 9.59 Å². The van der Waals surface area contributed by atoms with Gasteiger partial charge in [0, 0.05) is 42.7 Å². The summed E-state index contributed by atoms with van der Waals surface area (Å²) in [7, 11) is 3.96. The monoisotopic (exact) mass is 533 g/mol. The Labute approximate surface area is 233 Å². The molecule has 0 radical (unpaired) electrons. The van der Waals surface area contributed by atoms with Gasteiger partial charge in [0.05, 0.1) is 11.8 Å². The van der Waals surface area contributed by atoms with E-state index in [1.54, 1.807) is 36.5 Å².